The Kier molecular flexibility index (Phi) is 4.36. The first-order valence-corrected chi connectivity index (χ1v) is 8.32. The molecule has 5 nitrogen and oxygen atoms in total. The second-order valence-electron chi connectivity index (χ2n) is 5.50. The number of anilines is 1. The number of hydrogen-bond acceptors (Lipinski definition) is 4. The fourth-order valence-corrected chi connectivity index (χ4v) is 4.41. The highest BCUT2D eigenvalue weighted by molar-refractivity contribution is 7.89. The molecule has 1 saturated heterocycles. The van der Waals surface area contributed by atoms with Crippen molar-refractivity contribution in [3.63, 3.8) is 0 Å². The number of nitrogens with two attached hydrogens (primary N) is 1. The van der Waals surface area contributed by atoms with Gasteiger partial charge in [-0.3, -0.25) is 0 Å². The molecule has 0 saturated carbocycles. The van der Waals surface area contributed by atoms with Crippen LogP contribution in [0.5, 0.6) is 0 Å². The van der Waals surface area contributed by atoms with Crippen molar-refractivity contribution in [3.8, 4) is 0 Å². The van der Waals surface area contributed by atoms with Gasteiger partial charge in [-0.2, -0.15) is 4.31 Å². The van der Waals surface area contributed by atoms with Gasteiger partial charge in [0, 0.05) is 19.6 Å². The molecule has 0 aliphatic carbocycles. The summed E-state index contributed by atoms with van der Waals surface area (Å²) < 4.78 is 27.3. The molecule has 2 N–H and O–H groups in total. The first-order valence-electron chi connectivity index (χ1n) is 6.88. The number of nitrogen functional groups attached to an aromatic ring is 1. The van der Waals surface area contributed by atoms with Crippen LogP contribution in [0.15, 0.2) is 17.0 Å². The molecule has 0 atom stereocenters. The van der Waals surface area contributed by atoms with Gasteiger partial charge in [0.2, 0.25) is 10.0 Å². The van der Waals surface area contributed by atoms with Crippen LogP contribution < -0.4 is 5.73 Å². The highest BCUT2D eigenvalue weighted by atomic mass is 32.2. The van der Waals surface area contributed by atoms with E-state index in [0.29, 0.717) is 24.3 Å². The van der Waals surface area contributed by atoms with E-state index in [1.807, 2.05) is 26.1 Å². The smallest absolute Gasteiger partial charge is 0.245 e. The summed E-state index contributed by atoms with van der Waals surface area (Å²) in [6.07, 6.45) is 0.848. The summed E-state index contributed by atoms with van der Waals surface area (Å²) in [5.41, 5.74) is 7.92. The van der Waals surface area contributed by atoms with Gasteiger partial charge in [-0.25, -0.2) is 8.42 Å². The first-order chi connectivity index (χ1) is 9.34. The molecule has 1 heterocycles. The number of aryl methyl sites for hydroxylation is 2. The van der Waals surface area contributed by atoms with E-state index in [1.54, 1.807) is 11.2 Å². The van der Waals surface area contributed by atoms with E-state index in [-0.39, 0.29) is 4.90 Å². The molecule has 0 radical (unpaired) electrons. The van der Waals surface area contributed by atoms with Crippen LogP contribution in [-0.2, 0) is 10.0 Å². The van der Waals surface area contributed by atoms with Gasteiger partial charge in [0.1, 0.15) is 4.90 Å². The largest absolute Gasteiger partial charge is 0.397 e. The van der Waals surface area contributed by atoms with Crippen LogP contribution >= 0.6 is 0 Å². The molecule has 0 bridgehead atoms. The predicted octanol–water partition coefficient (Wildman–Crippen LogP) is 1.21. The Labute approximate surface area is 121 Å². The highest BCUT2D eigenvalue weighted by Gasteiger charge is 2.29. The van der Waals surface area contributed by atoms with Crippen molar-refractivity contribution in [2.45, 2.75) is 25.2 Å². The Morgan fingerprint density at radius 3 is 2.40 bits per heavy atom. The number of nitrogens with zero attached hydrogens (tertiary/aromatic N) is 2. The van der Waals surface area contributed by atoms with Crippen LogP contribution in [0, 0.1) is 13.8 Å². The Hall–Kier alpha value is -1.11. The minimum Gasteiger partial charge on any atom is -0.397 e. The van der Waals surface area contributed by atoms with E-state index in [0.717, 1.165) is 25.1 Å². The lowest BCUT2D eigenvalue weighted by atomic mass is 10.1. The maximum absolute atomic E-state index is 12.9. The lowest BCUT2D eigenvalue weighted by Crippen LogP contribution is -2.35. The summed E-state index contributed by atoms with van der Waals surface area (Å²) in [7, 11) is -1.49. The van der Waals surface area contributed by atoms with Gasteiger partial charge < -0.3 is 10.6 Å². The van der Waals surface area contributed by atoms with Crippen molar-refractivity contribution < 1.29 is 8.42 Å². The number of benzene rings is 1. The van der Waals surface area contributed by atoms with Gasteiger partial charge in [0.25, 0.3) is 0 Å². The Morgan fingerprint density at radius 1 is 1.05 bits per heavy atom. The lowest BCUT2D eigenvalue weighted by molar-refractivity contribution is 0.347. The van der Waals surface area contributed by atoms with E-state index >= 15 is 0 Å². The molecule has 0 unspecified atom stereocenters. The number of hydrogen-bond donors (Lipinski definition) is 1. The molecule has 0 amide bonds. The monoisotopic (exact) mass is 297 g/mol. The van der Waals surface area contributed by atoms with E-state index in [2.05, 4.69) is 4.90 Å². The molecule has 20 heavy (non-hydrogen) atoms. The molecule has 2 rings (SSSR count). The topological polar surface area (TPSA) is 66.6 Å². The normalized spacial score (nSPS) is 18.9. The molecule has 6 heteroatoms. The molecule has 112 valence electrons. The second kappa shape index (κ2) is 5.71. The summed E-state index contributed by atoms with van der Waals surface area (Å²) in [6.45, 7) is 6.39. The fourth-order valence-electron chi connectivity index (χ4n) is 2.54. The molecular formula is C14H23N3O2S. The minimum absolute atomic E-state index is 0.280. The number of sulfonamides is 1. The maximum atomic E-state index is 12.9. The minimum atomic E-state index is -3.51. The predicted molar refractivity (Wildman–Crippen MR) is 81.2 cm³/mol. The van der Waals surface area contributed by atoms with Gasteiger partial charge in [-0.05, 0) is 45.0 Å². The SMILES string of the molecule is Cc1ccc(C)c(S(=O)(=O)N2CCCN(C)CC2)c1N. The van der Waals surface area contributed by atoms with Crippen molar-refractivity contribution in [3.05, 3.63) is 23.3 Å². The molecule has 1 aliphatic rings. The summed E-state index contributed by atoms with van der Waals surface area (Å²) in [6, 6.07) is 3.68. The van der Waals surface area contributed by atoms with E-state index in [4.69, 9.17) is 5.73 Å². The lowest BCUT2D eigenvalue weighted by Gasteiger charge is -2.23. The van der Waals surface area contributed by atoms with Crippen LogP contribution in [0.25, 0.3) is 0 Å². The first kappa shape index (κ1) is 15.3. The quantitative estimate of drug-likeness (QED) is 0.833. The van der Waals surface area contributed by atoms with Crippen molar-refractivity contribution in [2.24, 2.45) is 0 Å². The summed E-state index contributed by atoms with van der Waals surface area (Å²) in [4.78, 5) is 2.43. The molecule has 1 aromatic carbocycles. The van der Waals surface area contributed by atoms with Crippen LogP contribution in [0.2, 0.25) is 0 Å². The molecule has 0 aromatic heterocycles. The zero-order chi connectivity index (χ0) is 14.9. The van der Waals surface area contributed by atoms with E-state index in [1.165, 1.54) is 0 Å². The molecule has 1 fully saturated rings. The van der Waals surface area contributed by atoms with Crippen molar-refractivity contribution in [2.75, 3.05) is 39.0 Å². The third kappa shape index (κ3) is 2.82. The van der Waals surface area contributed by atoms with Gasteiger partial charge in [-0.1, -0.05) is 12.1 Å². The van der Waals surface area contributed by atoms with Gasteiger partial charge >= 0.3 is 0 Å². The van der Waals surface area contributed by atoms with Crippen LogP contribution in [0.1, 0.15) is 17.5 Å². The van der Waals surface area contributed by atoms with Gasteiger partial charge in [0.15, 0.2) is 0 Å². The Morgan fingerprint density at radius 2 is 1.70 bits per heavy atom. The van der Waals surface area contributed by atoms with Gasteiger partial charge in [-0.15, -0.1) is 0 Å². The molecule has 1 aromatic rings. The van der Waals surface area contributed by atoms with Crippen molar-refractivity contribution in [1.82, 2.24) is 9.21 Å². The van der Waals surface area contributed by atoms with Crippen molar-refractivity contribution in [1.29, 1.82) is 0 Å². The van der Waals surface area contributed by atoms with Crippen LogP contribution in [0.3, 0.4) is 0 Å². The number of likely N-dealkylation sites (N-methyl/N-ethyl adjacent to an activating group) is 1. The van der Waals surface area contributed by atoms with Crippen molar-refractivity contribution >= 4 is 15.7 Å². The fraction of sp³-hybridized carbons (Fsp3) is 0.571. The maximum Gasteiger partial charge on any atom is 0.245 e. The summed E-state index contributed by atoms with van der Waals surface area (Å²) in [5, 5.41) is 0. The zero-order valence-electron chi connectivity index (χ0n) is 12.4. The Bertz CT molecular complexity index is 599. The third-order valence-corrected chi connectivity index (χ3v) is 5.99. The third-order valence-electron chi connectivity index (χ3n) is 3.89. The average molecular weight is 297 g/mol. The average Bonchev–Trinajstić information content (AvgIpc) is 2.59. The van der Waals surface area contributed by atoms with E-state index < -0.39 is 10.0 Å². The second-order valence-corrected chi connectivity index (χ2v) is 7.38. The summed E-state index contributed by atoms with van der Waals surface area (Å²) >= 11 is 0. The standard InChI is InChI=1S/C14H23N3O2S/c1-11-5-6-12(2)14(13(11)15)20(18,19)17-8-4-7-16(3)9-10-17/h5-6H,4,7-10,15H2,1-3H3. The van der Waals surface area contributed by atoms with Crippen LogP contribution in [0.4, 0.5) is 5.69 Å². The number of rotatable bonds is 2. The molecule has 1 aliphatic heterocycles. The van der Waals surface area contributed by atoms with Gasteiger partial charge in [0.05, 0.1) is 5.69 Å². The summed E-state index contributed by atoms with van der Waals surface area (Å²) in [5.74, 6) is 0. The molecule has 0 spiro atoms. The zero-order valence-corrected chi connectivity index (χ0v) is 13.2. The molecular weight excluding hydrogens is 274 g/mol. The van der Waals surface area contributed by atoms with Crippen LogP contribution in [-0.4, -0.2) is 50.8 Å². The van der Waals surface area contributed by atoms with E-state index in [9.17, 15) is 8.42 Å². The Balaban J connectivity index is 2.43. The highest BCUT2D eigenvalue weighted by Crippen LogP contribution is 2.29.